The van der Waals surface area contributed by atoms with E-state index in [1.807, 2.05) is 14.0 Å². The van der Waals surface area contributed by atoms with Gasteiger partial charge in [-0.3, -0.25) is 13.9 Å². The van der Waals surface area contributed by atoms with E-state index in [-0.39, 0.29) is 13.0 Å². The van der Waals surface area contributed by atoms with Gasteiger partial charge in [-0.05, 0) is 45.8 Å². The summed E-state index contributed by atoms with van der Waals surface area (Å²) >= 11 is 0. The molecule has 0 bridgehead atoms. The van der Waals surface area contributed by atoms with Gasteiger partial charge in [0.2, 0.25) is 0 Å². The first-order valence-corrected chi connectivity index (χ1v) is 9.32. The minimum absolute atomic E-state index is 0. The predicted molar refractivity (Wildman–Crippen MR) is 102 cm³/mol. The lowest BCUT2D eigenvalue weighted by Gasteiger charge is -2.29. The third kappa shape index (κ3) is 2.77. The van der Waals surface area contributed by atoms with Crippen LogP contribution >= 0.6 is 0 Å². The van der Waals surface area contributed by atoms with E-state index in [0.717, 1.165) is 34.4 Å². The Balaban J connectivity index is 0.00000208. The van der Waals surface area contributed by atoms with Crippen LogP contribution in [0.15, 0.2) is 27.2 Å². The first-order chi connectivity index (χ1) is 10.6. The molecule has 0 aliphatic carbocycles. The van der Waals surface area contributed by atoms with Crippen molar-refractivity contribution in [3.8, 4) is 0 Å². The number of aliphatic imine (C=N–C) groups is 1. The zero-order valence-electron chi connectivity index (χ0n) is 14.9. The molecule has 1 aromatic heterocycles. The van der Waals surface area contributed by atoms with Crippen molar-refractivity contribution in [1.29, 1.82) is 0 Å². The molecular weight excluding hydrogens is 320 g/mol. The summed E-state index contributed by atoms with van der Waals surface area (Å²) in [7, 11) is 0.795. The Bertz CT molecular complexity index is 811. The highest BCUT2D eigenvalue weighted by atomic mass is 32.2. The van der Waals surface area contributed by atoms with Crippen molar-refractivity contribution in [1.82, 2.24) is 14.7 Å². The number of fused-ring (bicyclic) bond motifs is 1. The molecule has 0 N–H and O–H groups in total. The molecular formula is C18H28N4OS. The van der Waals surface area contributed by atoms with E-state index < -0.39 is 10.8 Å². The first-order valence-electron chi connectivity index (χ1n) is 7.77. The fraction of sp³-hybridized carbons (Fsp3) is 0.556. The molecule has 3 rings (SSSR count). The molecule has 1 aromatic rings. The Hall–Kier alpha value is -1.69. The molecule has 1 unspecified atom stereocenters. The molecule has 132 valence electrons. The van der Waals surface area contributed by atoms with Crippen LogP contribution in [0, 0.1) is 6.92 Å². The molecule has 0 aromatic carbocycles. The highest BCUT2D eigenvalue weighted by molar-refractivity contribution is 7.84. The number of aryl methyl sites for hydroxylation is 1. The topological polar surface area (TPSA) is 50.5 Å². The van der Waals surface area contributed by atoms with E-state index in [2.05, 4.69) is 43.8 Å². The van der Waals surface area contributed by atoms with E-state index in [9.17, 15) is 4.21 Å². The van der Waals surface area contributed by atoms with Gasteiger partial charge < -0.3 is 4.90 Å². The van der Waals surface area contributed by atoms with Crippen molar-refractivity contribution in [3.05, 3.63) is 28.5 Å². The van der Waals surface area contributed by atoms with Gasteiger partial charge in [0.25, 0.3) is 0 Å². The average Bonchev–Trinajstić information content (AvgIpc) is 2.87. The molecule has 1 atom stereocenters. The highest BCUT2D eigenvalue weighted by Crippen LogP contribution is 2.38. The minimum Gasteiger partial charge on any atom is -0.322 e. The SMILES string of the molecule is C.CC1=CC(C)=C(c2nn(C)c(S(C)=O)c2C)N2CC(C)(C)N=C12. The Morgan fingerprint density at radius 3 is 2.42 bits per heavy atom. The van der Waals surface area contributed by atoms with E-state index in [1.54, 1.807) is 10.9 Å². The lowest BCUT2D eigenvalue weighted by molar-refractivity contribution is 0.459. The fourth-order valence-corrected chi connectivity index (χ4v) is 4.50. The number of hydrogen-bond donors (Lipinski definition) is 0. The molecule has 0 fully saturated rings. The lowest BCUT2D eigenvalue weighted by Crippen LogP contribution is -2.34. The smallest absolute Gasteiger partial charge is 0.131 e. The van der Waals surface area contributed by atoms with Crippen LogP contribution in [0.5, 0.6) is 0 Å². The Kier molecular flexibility index (Phi) is 4.65. The number of nitrogens with zero attached hydrogens (tertiary/aromatic N) is 4. The molecule has 0 saturated carbocycles. The normalized spacial score (nSPS) is 20.4. The number of aromatic nitrogens is 2. The molecule has 0 saturated heterocycles. The van der Waals surface area contributed by atoms with Gasteiger partial charge in [0, 0.05) is 25.4 Å². The fourth-order valence-electron chi connectivity index (χ4n) is 3.56. The van der Waals surface area contributed by atoms with E-state index in [0.29, 0.717) is 0 Å². The summed E-state index contributed by atoms with van der Waals surface area (Å²) in [6, 6.07) is 0. The van der Waals surface area contributed by atoms with Crippen LogP contribution in [0.4, 0.5) is 0 Å². The van der Waals surface area contributed by atoms with Crippen LogP contribution in [-0.4, -0.2) is 43.1 Å². The van der Waals surface area contributed by atoms with Gasteiger partial charge in [0.15, 0.2) is 0 Å². The molecule has 2 aliphatic heterocycles. The zero-order chi connectivity index (χ0) is 17.1. The summed E-state index contributed by atoms with van der Waals surface area (Å²) in [5, 5.41) is 5.46. The lowest BCUT2D eigenvalue weighted by atomic mass is 10.00. The summed E-state index contributed by atoms with van der Waals surface area (Å²) in [5.41, 5.74) is 5.23. The van der Waals surface area contributed by atoms with Gasteiger partial charge in [0.1, 0.15) is 16.6 Å². The first kappa shape index (κ1) is 18.6. The summed E-state index contributed by atoms with van der Waals surface area (Å²) in [6.07, 6.45) is 3.87. The van der Waals surface area contributed by atoms with Gasteiger partial charge in [0.05, 0.1) is 22.0 Å². The monoisotopic (exact) mass is 348 g/mol. The second-order valence-electron chi connectivity index (χ2n) is 7.05. The maximum Gasteiger partial charge on any atom is 0.131 e. The third-order valence-electron chi connectivity index (χ3n) is 4.35. The highest BCUT2D eigenvalue weighted by Gasteiger charge is 2.38. The Morgan fingerprint density at radius 2 is 1.88 bits per heavy atom. The van der Waals surface area contributed by atoms with Gasteiger partial charge in [-0.25, -0.2) is 0 Å². The molecule has 3 heterocycles. The number of hydrogen-bond acceptors (Lipinski definition) is 4. The van der Waals surface area contributed by atoms with Gasteiger partial charge >= 0.3 is 0 Å². The van der Waals surface area contributed by atoms with Crippen LogP contribution in [0.1, 0.15) is 46.4 Å². The molecule has 0 radical (unpaired) electrons. The summed E-state index contributed by atoms with van der Waals surface area (Å²) in [5.74, 6) is 1.03. The van der Waals surface area contributed by atoms with Crippen molar-refractivity contribution in [2.45, 2.75) is 52.6 Å². The third-order valence-corrected chi connectivity index (χ3v) is 5.47. The zero-order valence-corrected chi connectivity index (χ0v) is 15.7. The maximum absolute atomic E-state index is 12.0. The second kappa shape index (κ2) is 5.99. The van der Waals surface area contributed by atoms with E-state index >= 15 is 0 Å². The van der Waals surface area contributed by atoms with Crippen molar-refractivity contribution < 1.29 is 4.21 Å². The van der Waals surface area contributed by atoms with Gasteiger partial charge in [-0.15, -0.1) is 0 Å². The largest absolute Gasteiger partial charge is 0.322 e. The van der Waals surface area contributed by atoms with E-state index in [4.69, 9.17) is 4.99 Å². The van der Waals surface area contributed by atoms with Crippen LogP contribution in [-0.2, 0) is 17.8 Å². The second-order valence-corrected chi connectivity index (χ2v) is 8.34. The van der Waals surface area contributed by atoms with E-state index in [1.165, 1.54) is 11.1 Å². The number of allylic oxidation sites excluding steroid dienone is 2. The number of amidine groups is 1. The quantitative estimate of drug-likeness (QED) is 0.824. The molecule has 5 nitrogen and oxygen atoms in total. The standard InChI is InChI=1S/C17H24N4OS.CH4/c1-10-8-11(2)15-18-17(4,5)9-21(15)14(10)13-12(3)16(23(7)22)20(6)19-13;/h8H,9H2,1-7H3;1H4. The molecule has 24 heavy (non-hydrogen) atoms. The number of rotatable bonds is 2. The van der Waals surface area contributed by atoms with Crippen molar-refractivity contribution in [3.63, 3.8) is 0 Å². The van der Waals surface area contributed by atoms with Crippen LogP contribution < -0.4 is 0 Å². The molecule has 6 heteroatoms. The molecule has 2 aliphatic rings. The van der Waals surface area contributed by atoms with Crippen molar-refractivity contribution >= 4 is 22.3 Å². The van der Waals surface area contributed by atoms with Crippen LogP contribution in [0.2, 0.25) is 0 Å². The Labute approximate surface area is 147 Å². The predicted octanol–water partition coefficient (Wildman–Crippen LogP) is 3.29. The minimum atomic E-state index is -1.06. The summed E-state index contributed by atoms with van der Waals surface area (Å²) < 4.78 is 13.8. The van der Waals surface area contributed by atoms with Crippen LogP contribution in [0.3, 0.4) is 0 Å². The van der Waals surface area contributed by atoms with Crippen LogP contribution in [0.25, 0.3) is 5.70 Å². The van der Waals surface area contributed by atoms with Gasteiger partial charge in [-0.2, -0.15) is 5.10 Å². The van der Waals surface area contributed by atoms with Crippen molar-refractivity contribution in [2.24, 2.45) is 12.0 Å². The van der Waals surface area contributed by atoms with Gasteiger partial charge in [-0.1, -0.05) is 13.5 Å². The maximum atomic E-state index is 12.0. The average molecular weight is 349 g/mol. The summed E-state index contributed by atoms with van der Waals surface area (Å²) in [6.45, 7) is 11.3. The molecule has 0 spiro atoms. The van der Waals surface area contributed by atoms with Crippen molar-refractivity contribution in [2.75, 3.05) is 12.8 Å². The Morgan fingerprint density at radius 1 is 1.25 bits per heavy atom. The summed E-state index contributed by atoms with van der Waals surface area (Å²) in [4.78, 5) is 7.14. The molecule has 0 amide bonds.